The van der Waals surface area contributed by atoms with Crippen LogP contribution in [0.1, 0.15) is 155 Å². The van der Waals surface area contributed by atoms with Crippen molar-refractivity contribution in [3.05, 3.63) is 0 Å². The van der Waals surface area contributed by atoms with Crippen molar-refractivity contribution in [2.45, 2.75) is 170 Å². The van der Waals surface area contributed by atoms with E-state index in [1.54, 1.807) is 0 Å². The molecule has 0 N–H and O–H groups in total. The predicted molar refractivity (Wildman–Crippen MR) is 158 cm³/mol. The average molecular weight is 513 g/mol. The summed E-state index contributed by atoms with van der Waals surface area (Å²) in [5, 5.41) is 2.60. The lowest BCUT2D eigenvalue weighted by molar-refractivity contribution is 0.324. The molecule has 3 aliphatic carbocycles. The number of unbranched alkanes of at least 4 members (excludes halogenated alkanes) is 4. The Kier molecular flexibility index (Phi) is 15.2. The van der Waals surface area contributed by atoms with E-state index in [9.17, 15) is 0 Å². The van der Waals surface area contributed by atoms with E-state index in [4.69, 9.17) is 12.6 Å². The van der Waals surface area contributed by atoms with Crippen LogP contribution in [0, 0.1) is 17.8 Å². The molecule has 0 aromatic carbocycles. The fraction of sp³-hybridized carbons (Fsp3) is 1.00. The first-order valence-corrected chi connectivity index (χ1v) is 18.0. The molecule has 194 valence electrons. The quantitative estimate of drug-likeness (QED) is 0.148. The third-order valence-corrected chi connectivity index (χ3v) is 13.1. The Hall–Kier alpha value is 1.05. The van der Waals surface area contributed by atoms with Crippen molar-refractivity contribution in [2.24, 2.45) is 17.8 Å². The predicted octanol–water partition coefficient (Wildman–Crippen LogP) is 11.3. The molecule has 0 radical (unpaired) electrons. The van der Waals surface area contributed by atoms with E-state index in [1.807, 2.05) is 0 Å². The SMILES string of the molecule is CCCCCC1CCCCC1SSC1CCCCCC(CCCCC[C@@H]2CCCC(S)C2)C1. The van der Waals surface area contributed by atoms with Crippen LogP contribution in [0.2, 0.25) is 0 Å². The lowest BCUT2D eigenvalue weighted by Gasteiger charge is -2.33. The summed E-state index contributed by atoms with van der Waals surface area (Å²) in [5.74, 6) is 3.03. The minimum Gasteiger partial charge on any atom is -0.176 e. The number of hydrogen-bond acceptors (Lipinski definition) is 3. The first kappa shape index (κ1) is 28.6. The third kappa shape index (κ3) is 11.8. The molecule has 33 heavy (non-hydrogen) atoms. The molecule has 0 saturated heterocycles. The van der Waals surface area contributed by atoms with Gasteiger partial charge in [0, 0.05) is 15.7 Å². The number of hydrogen-bond donors (Lipinski definition) is 1. The Morgan fingerprint density at radius 2 is 1.30 bits per heavy atom. The highest BCUT2D eigenvalue weighted by Gasteiger charge is 2.27. The lowest BCUT2D eigenvalue weighted by atomic mass is 9.84. The van der Waals surface area contributed by atoms with Crippen molar-refractivity contribution in [3.63, 3.8) is 0 Å². The molecular weight excluding hydrogens is 457 g/mol. The normalized spacial score (nSPS) is 34.0. The molecule has 6 atom stereocenters. The van der Waals surface area contributed by atoms with Gasteiger partial charge in [0.2, 0.25) is 0 Å². The van der Waals surface area contributed by atoms with Crippen LogP contribution in [0.3, 0.4) is 0 Å². The van der Waals surface area contributed by atoms with Gasteiger partial charge in [-0.05, 0) is 62.7 Å². The second-order valence-corrected chi connectivity index (χ2v) is 15.5. The zero-order chi connectivity index (χ0) is 23.1. The highest BCUT2D eigenvalue weighted by atomic mass is 33.1. The fourth-order valence-electron chi connectivity index (χ4n) is 6.94. The van der Waals surface area contributed by atoms with Gasteiger partial charge in [0.05, 0.1) is 0 Å². The molecule has 0 nitrogen and oxygen atoms in total. The van der Waals surface area contributed by atoms with Gasteiger partial charge in [0.15, 0.2) is 0 Å². The number of thiol groups is 1. The van der Waals surface area contributed by atoms with Gasteiger partial charge in [-0.25, -0.2) is 0 Å². The number of rotatable bonds is 13. The van der Waals surface area contributed by atoms with Crippen LogP contribution >= 0.6 is 34.2 Å². The average Bonchev–Trinajstić information content (AvgIpc) is 2.80. The first-order valence-electron chi connectivity index (χ1n) is 15.2. The van der Waals surface area contributed by atoms with E-state index in [0.29, 0.717) is 5.25 Å². The Morgan fingerprint density at radius 3 is 2.12 bits per heavy atom. The third-order valence-electron chi connectivity index (χ3n) is 9.05. The van der Waals surface area contributed by atoms with E-state index < -0.39 is 0 Å². The zero-order valence-electron chi connectivity index (χ0n) is 22.0. The maximum Gasteiger partial charge on any atom is 0.0179 e. The van der Waals surface area contributed by atoms with Gasteiger partial charge >= 0.3 is 0 Å². The van der Waals surface area contributed by atoms with Crippen LogP contribution in [-0.4, -0.2) is 15.7 Å². The summed E-state index contributed by atoms with van der Waals surface area (Å²) in [6, 6.07) is 0. The van der Waals surface area contributed by atoms with E-state index in [1.165, 1.54) is 148 Å². The van der Waals surface area contributed by atoms with Gasteiger partial charge in [-0.2, -0.15) is 12.6 Å². The standard InChI is InChI=1S/C30H56S3/c1-2-3-6-18-27-19-11-12-22-30(27)33-32-29-21-10-5-9-16-26(24-29)15-8-4-7-14-25-17-13-20-28(31)23-25/h25-31H,2-24H2,1H3/t25-,26?,27?,28?,29?,30?/m1/s1. The van der Waals surface area contributed by atoms with Crippen LogP contribution in [0.4, 0.5) is 0 Å². The van der Waals surface area contributed by atoms with Crippen LogP contribution in [-0.2, 0) is 0 Å². The van der Waals surface area contributed by atoms with Gasteiger partial charge < -0.3 is 0 Å². The molecule has 3 aliphatic rings. The van der Waals surface area contributed by atoms with Gasteiger partial charge in [0.1, 0.15) is 0 Å². The van der Waals surface area contributed by atoms with Gasteiger partial charge in [0.25, 0.3) is 0 Å². The van der Waals surface area contributed by atoms with Crippen molar-refractivity contribution < 1.29 is 0 Å². The van der Waals surface area contributed by atoms with Crippen molar-refractivity contribution >= 4 is 34.2 Å². The van der Waals surface area contributed by atoms with Crippen molar-refractivity contribution in [1.29, 1.82) is 0 Å². The van der Waals surface area contributed by atoms with Crippen molar-refractivity contribution in [2.75, 3.05) is 0 Å². The summed E-state index contributed by atoms with van der Waals surface area (Å²) in [6.45, 7) is 2.35. The Morgan fingerprint density at radius 1 is 0.606 bits per heavy atom. The Balaban J connectivity index is 1.33. The molecule has 0 amide bonds. The first-order chi connectivity index (χ1) is 16.2. The largest absolute Gasteiger partial charge is 0.176 e. The molecule has 0 aromatic rings. The molecule has 0 spiro atoms. The van der Waals surface area contributed by atoms with Crippen molar-refractivity contribution in [1.82, 2.24) is 0 Å². The molecule has 0 aliphatic heterocycles. The molecule has 3 heteroatoms. The van der Waals surface area contributed by atoms with E-state index >= 15 is 0 Å². The van der Waals surface area contributed by atoms with Gasteiger partial charge in [-0.15, -0.1) is 0 Å². The molecule has 3 fully saturated rings. The second-order valence-electron chi connectivity index (χ2n) is 12.0. The fourth-order valence-corrected chi connectivity index (χ4v) is 11.2. The molecule has 0 bridgehead atoms. The summed E-state index contributed by atoms with van der Waals surface area (Å²) in [4.78, 5) is 0. The molecule has 3 saturated carbocycles. The van der Waals surface area contributed by atoms with Gasteiger partial charge in [-0.1, -0.05) is 131 Å². The molecular formula is C30H56S3. The summed E-state index contributed by atoms with van der Waals surface area (Å²) >= 11 is 4.75. The van der Waals surface area contributed by atoms with E-state index in [2.05, 4.69) is 28.5 Å². The monoisotopic (exact) mass is 512 g/mol. The lowest BCUT2D eigenvalue weighted by Crippen LogP contribution is -2.22. The van der Waals surface area contributed by atoms with Crippen molar-refractivity contribution in [3.8, 4) is 0 Å². The molecule has 0 aromatic heterocycles. The molecule has 0 heterocycles. The minimum absolute atomic E-state index is 0.700. The summed E-state index contributed by atoms with van der Waals surface area (Å²) in [6.07, 6.45) is 34.0. The van der Waals surface area contributed by atoms with Crippen LogP contribution in [0.15, 0.2) is 0 Å². The van der Waals surface area contributed by atoms with E-state index in [-0.39, 0.29) is 0 Å². The van der Waals surface area contributed by atoms with Crippen LogP contribution in [0.25, 0.3) is 0 Å². The second kappa shape index (κ2) is 17.5. The Labute approximate surface area is 221 Å². The molecule has 5 unspecified atom stereocenters. The van der Waals surface area contributed by atoms with E-state index in [0.717, 1.165) is 28.3 Å². The summed E-state index contributed by atoms with van der Waals surface area (Å²) in [5.41, 5.74) is 0. The topological polar surface area (TPSA) is 0 Å². The zero-order valence-corrected chi connectivity index (χ0v) is 24.5. The minimum atomic E-state index is 0.700. The van der Waals surface area contributed by atoms with Crippen LogP contribution in [0.5, 0.6) is 0 Å². The van der Waals surface area contributed by atoms with Crippen LogP contribution < -0.4 is 0 Å². The van der Waals surface area contributed by atoms with Gasteiger partial charge in [-0.3, -0.25) is 0 Å². The summed E-state index contributed by atoms with van der Waals surface area (Å²) in [7, 11) is 4.69. The summed E-state index contributed by atoms with van der Waals surface area (Å²) < 4.78 is 0. The highest BCUT2D eigenvalue weighted by Crippen LogP contribution is 2.46. The molecule has 3 rings (SSSR count). The maximum absolute atomic E-state index is 4.75. The highest BCUT2D eigenvalue weighted by molar-refractivity contribution is 8.77. The maximum atomic E-state index is 4.75. The smallest absolute Gasteiger partial charge is 0.0179 e. The Bertz CT molecular complexity index is 481.